The third-order valence-electron chi connectivity index (χ3n) is 4.46. The number of hydrogen-bond donors (Lipinski definition) is 0. The van der Waals surface area contributed by atoms with Crippen LogP contribution in [0.2, 0.25) is 5.02 Å². The second-order valence-corrected chi connectivity index (χ2v) is 6.91. The Hall–Kier alpha value is -3.20. The second-order valence-electron chi connectivity index (χ2n) is 6.50. The molecule has 0 atom stereocenters. The largest absolute Gasteiger partial charge is 0.483 e. The van der Waals surface area contributed by atoms with Crippen molar-refractivity contribution in [2.45, 2.75) is 26.4 Å². The highest BCUT2D eigenvalue weighted by Crippen LogP contribution is 2.42. The molecule has 0 fully saturated rings. The van der Waals surface area contributed by atoms with E-state index < -0.39 is 21.0 Å². The summed E-state index contributed by atoms with van der Waals surface area (Å²) in [4.78, 5) is 33.8. The topological polar surface area (TPSA) is 118 Å². The molecule has 1 aliphatic heterocycles. The van der Waals surface area contributed by atoms with E-state index in [2.05, 4.69) is 0 Å². The van der Waals surface area contributed by atoms with Gasteiger partial charge in [-0.3, -0.25) is 29.6 Å². The van der Waals surface area contributed by atoms with Gasteiger partial charge in [-0.25, -0.2) is 0 Å². The van der Waals surface area contributed by atoms with Gasteiger partial charge in [0, 0.05) is 23.8 Å². The molecule has 0 saturated heterocycles. The van der Waals surface area contributed by atoms with Gasteiger partial charge in [0.25, 0.3) is 16.9 Å². The van der Waals surface area contributed by atoms with Crippen molar-refractivity contribution in [1.29, 1.82) is 0 Å². The average Bonchev–Trinajstić information content (AvgIpc) is 2.58. The molecule has 2 aromatic rings. The lowest BCUT2D eigenvalue weighted by atomic mass is 9.90. The lowest BCUT2D eigenvalue weighted by molar-refractivity contribution is -0.385. The van der Waals surface area contributed by atoms with Gasteiger partial charge in [-0.1, -0.05) is 11.6 Å². The summed E-state index contributed by atoms with van der Waals surface area (Å²) >= 11 is 5.91. The molecule has 0 amide bonds. The van der Waals surface area contributed by atoms with Gasteiger partial charge in [-0.2, -0.15) is 0 Å². The van der Waals surface area contributed by atoms with Crippen molar-refractivity contribution < 1.29 is 14.6 Å². The van der Waals surface area contributed by atoms with Gasteiger partial charge in [0.05, 0.1) is 21.7 Å². The van der Waals surface area contributed by atoms with Crippen molar-refractivity contribution in [3.05, 3.63) is 77.2 Å². The van der Waals surface area contributed by atoms with Crippen molar-refractivity contribution >= 4 is 28.7 Å². The highest BCUT2D eigenvalue weighted by atomic mass is 35.5. The van der Waals surface area contributed by atoms with Crippen LogP contribution in [-0.2, 0) is 0 Å². The Kier molecular flexibility index (Phi) is 4.27. The van der Waals surface area contributed by atoms with Crippen LogP contribution in [0, 0.1) is 20.2 Å². The summed E-state index contributed by atoms with van der Waals surface area (Å²) < 4.78 is 6.95. The molecule has 0 spiro atoms. The molecule has 1 aromatic carbocycles. The molecule has 10 heteroatoms. The molecule has 0 aliphatic carbocycles. The number of ether oxygens (including phenoxy) is 1. The smallest absolute Gasteiger partial charge is 0.287 e. The van der Waals surface area contributed by atoms with E-state index in [9.17, 15) is 25.0 Å². The quantitative estimate of drug-likeness (QED) is 0.580. The van der Waals surface area contributed by atoms with Crippen LogP contribution < -0.4 is 10.3 Å². The zero-order chi connectivity index (χ0) is 20.1. The number of fused-ring (bicyclic) bond motifs is 1. The van der Waals surface area contributed by atoms with E-state index in [4.69, 9.17) is 16.3 Å². The van der Waals surface area contributed by atoms with E-state index in [1.165, 1.54) is 18.2 Å². The van der Waals surface area contributed by atoms with Gasteiger partial charge in [0.2, 0.25) is 0 Å². The average molecular weight is 392 g/mol. The third kappa shape index (κ3) is 3.06. The first-order valence-electron chi connectivity index (χ1n) is 7.79. The summed E-state index contributed by atoms with van der Waals surface area (Å²) in [6.07, 6.45) is 1.05. The predicted octanol–water partition coefficient (Wildman–Crippen LogP) is 3.77. The van der Waals surface area contributed by atoms with Crippen LogP contribution in [0.15, 0.2) is 40.8 Å². The molecule has 140 valence electrons. The third-order valence-corrected chi connectivity index (χ3v) is 4.73. The molecule has 2 heterocycles. The summed E-state index contributed by atoms with van der Waals surface area (Å²) in [5.74, 6) is 0.320. The first kappa shape index (κ1) is 18.6. The summed E-state index contributed by atoms with van der Waals surface area (Å²) in [5, 5.41) is 22.0. The molecule has 1 aliphatic rings. The Bertz CT molecular complexity index is 1090. The number of nitro groups is 2. The first-order chi connectivity index (χ1) is 12.5. The summed E-state index contributed by atoms with van der Waals surface area (Å²) in [6.45, 7) is 5.21. The first-order valence-corrected chi connectivity index (χ1v) is 8.17. The van der Waals surface area contributed by atoms with Crippen LogP contribution in [0.5, 0.6) is 5.75 Å². The summed E-state index contributed by atoms with van der Waals surface area (Å²) in [6, 6.07) is 4.96. The monoisotopic (exact) mass is 391 g/mol. The Labute approximate surface area is 157 Å². The summed E-state index contributed by atoms with van der Waals surface area (Å²) in [5.41, 5.74) is -1.00. The number of halogens is 1. The second kappa shape index (κ2) is 6.20. The van der Waals surface area contributed by atoms with Crippen LogP contribution >= 0.6 is 11.6 Å². The van der Waals surface area contributed by atoms with E-state index in [1.807, 2.05) is 0 Å². The number of hydrogen-bond acceptors (Lipinski definition) is 6. The minimum atomic E-state index is -0.852. The number of nitro benzene ring substituents is 1. The lowest BCUT2D eigenvalue weighted by Gasteiger charge is -2.35. The molecule has 9 nitrogen and oxygen atoms in total. The van der Waals surface area contributed by atoms with Crippen molar-refractivity contribution in [3.63, 3.8) is 0 Å². The fourth-order valence-electron chi connectivity index (χ4n) is 2.86. The Morgan fingerprint density at radius 3 is 2.33 bits per heavy atom. The van der Waals surface area contributed by atoms with Crippen LogP contribution in [0.4, 0.5) is 11.4 Å². The molecule has 0 unspecified atom stereocenters. The standard InChI is InChI=1S/C17H14ClN3O6/c1-9-15(19-8-11(21(25)26)7-13(18)16(19)22)12-6-10(20(23)24)4-5-14(12)27-17(9,2)3/h4-8H,1-3H3. The van der Waals surface area contributed by atoms with Crippen LogP contribution in [0.25, 0.3) is 5.70 Å². The number of nitrogens with zero attached hydrogens (tertiary/aromatic N) is 3. The Balaban J connectivity index is 2.41. The minimum absolute atomic E-state index is 0.202. The maximum atomic E-state index is 12.6. The Morgan fingerprint density at radius 1 is 1.11 bits per heavy atom. The van der Waals surface area contributed by atoms with Gasteiger partial charge in [-0.05, 0) is 32.4 Å². The lowest BCUT2D eigenvalue weighted by Crippen LogP contribution is -2.36. The van der Waals surface area contributed by atoms with E-state index in [0.717, 1.165) is 16.8 Å². The maximum Gasteiger partial charge on any atom is 0.287 e. The van der Waals surface area contributed by atoms with Gasteiger partial charge < -0.3 is 4.74 Å². The maximum absolute atomic E-state index is 12.6. The fourth-order valence-corrected chi connectivity index (χ4v) is 3.06. The molecule has 0 bridgehead atoms. The molecule has 0 N–H and O–H groups in total. The van der Waals surface area contributed by atoms with E-state index >= 15 is 0 Å². The zero-order valence-electron chi connectivity index (χ0n) is 14.6. The minimum Gasteiger partial charge on any atom is -0.483 e. The number of benzene rings is 1. The van der Waals surface area contributed by atoms with Crippen molar-refractivity contribution in [2.24, 2.45) is 0 Å². The highest BCUT2D eigenvalue weighted by molar-refractivity contribution is 6.30. The number of rotatable bonds is 3. The van der Waals surface area contributed by atoms with E-state index in [1.54, 1.807) is 20.8 Å². The van der Waals surface area contributed by atoms with Gasteiger partial charge in [0.15, 0.2) is 0 Å². The number of non-ortho nitro benzene ring substituents is 1. The number of aromatic nitrogens is 1. The normalized spacial score (nSPS) is 15.1. The Morgan fingerprint density at radius 2 is 1.74 bits per heavy atom. The predicted molar refractivity (Wildman–Crippen MR) is 98.2 cm³/mol. The molecule has 3 rings (SSSR count). The van der Waals surface area contributed by atoms with E-state index in [0.29, 0.717) is 11.3 Å². The van der Waals surface area contributed by atoms with E-state index in [-0.39, 0.29) is 27.7 Å². The zero-order valence-corrected chi connectivity index (χ0v) is 15.3. The molecule has 27 heavy (non-hydrogen) atoms. The van der Waals surface area contributed by atoms with Crippen LogP contribution in [0.1, 0.15) is 26.3 Å². The number of pyridine rings is 1. The van der Waals surface area contributed by atoms with Crippen molar-refractivity contribution in [3.8, 4) is 5.75 Å². The van der Waals surface area contributed by atoms with Gasteiger partial charge >= 0.3 is 0 Å². The van der Waals surface area contributed by atoms with Crippen molar-refractivity contribution in [1.82, 2.24) is 4.57 Å². The fraction of sp³-hybridized carbons (Fsp3) is 0.235. The molecular weight excluding hydrogens is 378 g/mol. The molecular formula is C17H14ClN3O6. The van der Waals surface area contributed by atoms with Crippen molar-refractivity contribution in [2.75, 3.05) is 0 Å². The SMILES string of the molecule is CC1=C(n2cc([N+](=O)[O-])cc(Cl)c2=O)c2cc([N+](=O)[O-])ccc2OC1(C)C. The summed E-state index contributed by atoms with van der Waals surface area (Å²) in [7, 11) is 0. The molecule has 1 aromatic heterocycles. The molecule has 0 radical (unpaired) electrons. The highest BCUT2D eigenvalue weighted by Gasteiger charge is 2.35. The van der Waals surface area contributed by atoms with Gasteiger partial charge in [-0.15, -0.1) is 0 Å². The van der Waals surface area contributed by atoms with Crippen LogP contribution in [-0.4, -0.2) is 20.0 Å². The van der Waals surface area contributed by atoms with Gasteiger partial charge in [0.1, 0.15) is 16.4 Å². The van der Waals surface area contributed by atoms with Crippen LogP contribution in [0.3, 0.4) is 0 Å². The molecule has 0 saturated carbocycles.